The Kier molecular flexibility index (Phi) is 2.84. The summed E-state index contributed by atoms with van der Waals surface area (Å²) in [5.74, 6) is -0.312. The molecule has 0 aromatic heterocycles. The Balaban J connectivity index is 1.98. The number of carbonyl (C=O) groups is 1. The van der Waals surface area contributed by atoms with E-state index in [1.165, 1.54) is 0 Å². The largest absolute Gasteiger partial charge is 0.459 e. The van der Waals surface area contributed by atoms with E-state index < -0.39 is 0 Å². The van der Waals surface area contributed by atoms with E-state index in [1.54, 1.807) is 12.1 Å². The molecule has 2 rings (SSSR count). The molecule has 1 aromatic carbocycles. The van der Waals surface area contributed by atoms with E-state index in [0.29, 0.717) is 18.8 Å². The Morgan fingerprint density at radius 2 is 2.29 bits per heavy atom. The van der Waals surface area contributed by atoms with Crippen molar-refractivity contribution in [1.29, 1.82) is 0 Å². The number of hydrogen-bond donors (Lipinski definition) is 0. The van der Waals surface area contributed by atoms with Crippen LogP contribution in [-0.2, 0) is 9.47 Å². The fraction of sp³-hybridized carbons (Fsp3) is 0.300. The van der Waals surface area contributed by atoms with Crippen molar-refractivity contribution in [2.45, 2.75) is 6.10 Å². The van der Waals surface area contributed by atoms with Gasteiger partial charge in [0.1, 0.15) is 12.7 Å². The first-order valence-corrected chi connectivity index (χ1v) is 5.10. The molecular formula is C10H9BrO3. The zero-order chi connectivity index (χ0) is 9.97. The van der Waals surface area contributed by atoms with Crippen LogP contribution in [0.4, 0.5) is 0 Å². The lowest BCUT2D eigenvalue weighted by atomic mass is 10.2. The summed E-state index contributed by atoms with van der Waals surface area (Å²) in [6.07, 6.45) is 0.112. The Morgan fingerprint density at radius 1 is 1.57 bits per heavy atom. The van der Waals surface area contributed by atoms with Gasteiger partial charge >= 0.3 is 5.97 Å². The van der Waals surface area contributed by atoms with Crippen LogP contribution < -0.4 is 0 Å². The quantitative estimate of drug-likeness (QED) is 0.614. The highest BCUT2D eigenvalue weighted by Crippen LogP contribution is 2.17. The number of rotatable bonds is 3. The zero-order valence-corrected chi connectivity index (χ0v) is 8.99. The molecule has 1 heterocycles. The van der Waals surface area contributed by atoms with Crippen molar-refractivity contribution in [3.8, 4) is 0 Å². The van der Waals surface area contributed by atoms with E-state index >= 15 is 0 Å². The Labute approximate surface area is 90.1 Å². The molecule has 1 saturated heterocycles. The van der Waals surface area contributed by atoms with E-state index in [2.05, 4.69) is 15.9 Å². The van der Waals surface area contributed by atoms with Crippen molar-refractivity contribution in [1.82, 2.24) is 0 Å². The molecule has 74 valence electrons. The van der Waals surface area contributed by atoms with Gasteiger partial charge in [-0.25, -0.2) is 4.79 Å². The van der Waals surface area contributed by atoms with E-state index in [1.807, 2.05) is 12.1 Å². The van der Waals surface area contributed by atoms with Gasteiger partial charge in [0.25, 0.3) is 0 Å². The highest BCUT2D eigenvalue weighted by molar-refractivity contribution is 9.10. The number of carbonyl (C=O) groups excluding carboxylic acids is 1. The van der Waals surface area contributed by atoms with E-state index in [-0.39, 0.29) is 12.1 Å². The fourth-order valence-electron chi connectivity index (χ4n) is 1.04. The first-order chi connectivity index (χ1) is 6.77. The summed E-state index contributed by atoms with van der Waals surface area (Å²) in [7, 11) is 0. The topological polar surface area (TPSA) is 38.8 Å². The Bertz CT molecular complexity index is 347. The maximum Gasteiger partial charge on any atom is 0.339 e. The molecule has 1 aliphatic heterocycles. The Morgan fingerprint density at radius 3 is 2.93 bits per heavy atom. The van der Waals surface area contributed by atoms with Gasteiger partial charge < -0.3 is 9.47 Å². The zero-order valence-electron chi connectivity index (χ0n) is 7.40. The van der Waals surface area contributed by atoms with Gasteiger partial charge in [0.05, 0.1) is 12.2 Å². The lowest BCUT2D eigenvalue weighted by Gasteiger charge is -2.03. The summed E-state index contributed by atoms with van der Waals surface area (Å²) in [4.78, 5) is 11.5. The standard InChI is InChI=1S/C10H9BrO3/c11-9-4-2-1-3-8(9)10(12)14-6-7-5-13-7/h1-4,7H,5-6H2. The predicted octanol–water partition coefficient (Wildman–Crippen LogP) is 2.00. The molecule has 0 amide bonds. The van der Waals surface area contributed by atoms with E-state index in [4.69, 9.17) is 9.47 Å². The van der Waals surface area contributed by atoms with E-state index in [0.717, 1.165) is 4.47 Å². The van der Waals surface area contributed by atoms with Gasteiger partial charge in [0, 0.05) is 4.47 Å². The van der Waals surface area contributed by atoms with Gasteiger partial charge in [-0.2, -0.15) is 0 Å². The van der Waals surface area contributed by atoms with E-state index in [9.17, 15) is 4.79 Å². The summed E-state index contributed by atoms with van der Waals surface area (Å²) in [6, 6.07) is 7.18. The van der Waals surface area contributed by atoms with Crippen molar-refractivity contribution in [2.75, 3.05) is 13.2 Å². The molecule has 0 saturated carbocycles. The molecule has 1 aromatic rings. The maximum atomic E-state index is 11.5. The number of hydrogen-bond acceptors (Lipinski definition) is 3. The predicted molar refractivity (Wildman–Crippen MR) is 54.2 cm³/mol. The summed E-state index contributed by atoms with van der Waals surface area (Å²) in [5, 5.41) is 0. The van der Waals surface area contributed by atoms with Crippen LogP contribution in [0.2, 0.25) is 0 Å². The van der Waals surface area contributed by atoms with Gasteiger partial charge in [-0.1, -0.05) is 12.1 Å². The van der Waals surface area contributed by atoms with Crippen LogP contribution >= 0.6 is 15.9 Å². The first kappa shape index (κ1) is 9.68. The first-order valence-electron chi connectivity index (χ1n) is 4.30. The molecule has 1 fully saturated rings. The summed E-state index contributed by atoms with van der Waals surface area (Å²) >= 11 is 3.29. The molecule has 0 radical (unpaired) electrons. The SMILES string of the molecule is O=C(OCC1CO1)c1ccccc1Br. The molecule has 14 heavy (non-hydrogen) atoms. The molecular weight excluding hydrogens is 248 g/mol. The molecule has 0 N–H and O–H groups in total. The van der Waals surface area contributed by atoms with Gasteiger partial charge in [-0.3, -0.25) is 0 Å². The number of halogens is 1. The minimum Gasteiger partial charge on any atom is -0.459 e. The molecule has 0 spiro atoms. The minimum absolute atomic E-state index is 0.112. The average molecular weight is 257 g/mol. The van der Waals surface area contributed by atoms with Crippen molar-refractivity contribution < 1.29 is 14.3 Å². The number of epoxide rings is 1. The third-order valence-corrected chi connectivity index (χ3v) is 2.59. The second-order valence-corrected chi connectivity index (χ2v) is 3.89. The molecule has 1 atom stereocenters. The molecule has 1 aliphatic rings. The van der Waals surface area contributed by atoms with Crippen molar-refractivity contribution >= 4 is 21.9 Å². The van der Waals surface area contributed by atoms with Gasteiger partial charge in [-0.15, -0.1) is 0 Å². The highest BCUT2D eigenvalue weighted by atomic mass is 79.9. The van der Waals surface area contributed by atoms with Crippen LogP contribution in [0.25, 0.3) is 0 Å². The highest BCUT2D eigenvalue weighted by Gasteiger charge is 2.24. The van der Waals surface area contributed by atoms with Crippen LogP contribution in [0.1, 0.15) is 10.4 Å². The van der Waals surface area contributed by atoms with Crippen LogP contribution in [0, 0.1) is 0 Å². The van der Waals surface area contributed by atoms with Crippen molar-refractivity contribution in [3.63, 3.8) is 0 Å². The van der Waals surface area contributed by atoms with Crippen LogP contribution in [0.3, 0.4) is 0 Å². The Hall–Kier alpha value is -0.870. The number of esters is 1. The van der Waals surface area contributed by atoms with Crippen LogP contribution in [-0.4, -0.2) is 25.3 Å². The van der Waals surface area contributed by atoms with Crippen LogP contribution in [0.15, 0.2) is 28.7 Å². The third kappa shape index (κ3) is 2.33. The van der Waals surface area contributed by atoms with Crippen molar-refractivity contribution in [2.24, 2.45) is 0 Å². The summed E-state index contributed by atoms with van der Waals surface area (Å²) in [6.45, 7) is 1.05. The molecule has 3 nitrogen and oxygen atoms in total. The van der Waals surface area contributed by atoms with Gasteiger partial charge in [-0.05, 0) is 28.1 Å². The molecule has 0 aliphatic carbocycles. The molecule has 4 heteroatoms. The third-order valence-electron chi connectivity index (χ3n) is 1.90. The summed E-state index contributed by atoms with van der Waals surface area (Å²) < 4.78 is 10.7. The fourth-order valence-corrected chi connectivity index (χ4v) is 1.48. The second-order valence-electron chi connectivity index (χ2n) is 3.03. The maximum absolute atomic E-state index is 11.5. The normalized spacial score (nSPS) is 19.1. The lowest BCUT2D eigenvalue weighted by Crippen LogP contribution is -2.10. The summed E-state index contributed by atoms with van der Waals surface area (Å²) in [5.41, 5.74) is 0.549. The lowest BCUT2D eigenvalue weighted by molar-refractivity contribution is 0.0475. The van der Waals surface area contributed by atoms with Crippen LogP contribution in [0.5, 0.6) is 0 Å². The van der Waals surface area contributed by atoms with Gasteiger partial charge in [0.15, 0.2) is 0 Å². The number of benzene rings is 1. The minimum atomic E-state index is -0.312. The smallest absolute Gasteiger partial charge is 0.339 e. The second kappa shape index (κ2) is 4.11. The molecule has 1 unspecified atom stereocenters. The van der Waals surface area contributed by atoms with Gasteiger partial charge in [0.2, 0.25) is 0 Å². The average Bonchev–Trinajstić information content (AvgIpc) is 2.98. The number of ether oxygens (including phenoxy) is 2. The van der Waals surface area contributed by atoms with Crippen molar-refractivity contribution in [3.05, 3.63) is 34.3 Å². The monoisotopic (exact) mass is 256 g/mol. The molecule has 0 bridgehead atoms.